The number of carbonyl (C=O) groups is 4. The van der Waals surface area contributed by atoms with Gasteiger partial charge in [0.25, 0.3) is 0 Å². The molecule has 0 aliphatic heterocycles. The van der Waals surface area contributed by atoms with Crippen LogP contribution >= 0.6 is 12.6 Å². The van der Waals surface area contributed by atoms with Gasteiger partial charge in [0.05, 0.1) is 12.5 Å². The Bertz CT molecular complexity index is 376. The zero-order chi connectivity index (χ0) is 15.0. The van der Waals surface area contributed by atoms with E-state index in [2.05, 4.69) is 17.9 Å². The molecule has 19 heavy (non-hydrogen) atoms. The first-order valence-electron chi connectivity index (χ1n) is 5.22. The maximum atomic E-state index is 11.6. The lowest BCUT2D eigenvalue weighted by atomic mass is 10.1. The van der Waals surface area contributed by atoms with Crippen molar-refractivity contribution in [2.45, 2.75) is 18.5 Å². The molecule has 0 aliphatic rings. The quantitative estimate of drug-likeness (QED) is 0.258. The molecule has 0 aromatic carbocycles. The summed E-state index contributed by atoms with van der Waals surface area (Å²) in [6.07, 6.45) is -0.462. The van der Waals surface area contributed by atoms with Gasteiger partial charge < -0.3 is 27.2 Å². The molecule has 10 heteroatoms. The summed E-state index contributed by atoms with van der Waals surface area (Å²) in [5.41, 5.74) is 10.3. The number of nitrogens with two attached hydrogens (primary N) is 2. The minimum atomic E-state index is -1.27. The molecule has 0 saturated heterocycles. The maximum absolute atomic E-state index is 11.6. The second-order valence-electron chi connectivity index (χ2n) is 3.63. The summed E-state index contributed by atoms with van der Waals surface area (Å²) < 4.78 is 0. The molecule has 2 unspecified atom stereocenters. The second kappa shape index (κ2) is 8.32. The molecule has 0 saturated carbocycles. The fourth-order valence-electron chi connectivity index (χ4n) is 1.06. The molecular weight excluding hydrogens is 276 g/mol. The Morgan fingerprint density at radius 1 is 1.21 bits per heavy atom. The fraction of sp³-hybridized carbons (Fsp3) is 0.556. The minimum absolute atomic E-state index is 0.0475. The maximum Gasteiger partial charge on any atom is 0.322 e. The number of hydrogen-bond acceptors (Lipinski definition) is 6. The Morgan fingerprint density at radius 3 is 2.21 bits per heavy atom. The van der Waals surface area contributed by atoms with E-state index in [1.807, 2.05) is 5.32 Å². The zero-order valence-electron chi connectivity index (χ0n) is 9.96. The normalized spacial score (nSPS) is 13.2. The average Bonchev–Trinajstić information content (AvgIpc) is 2.33. The predicted molar refractivity (Wildman–Crippen MR) is 68.2 cm³/mol. The van der Waals surface area contributed by atoms with Gasteiger partial charge in [0.1, 0.15) is 12.6 Å². The zero-order valence-corrected chi connectivity index (χ0v) is 10.9. The van der Waals surface area contributed by atoms with E-state index in [0.29, 0.717) is 0 Å². The monoisotopic (exact) mass is 292 g/mol. The molecule has 0 aliphatic carbocycles. The summed E-state index contributed by atoms with van der Waals surface area (Å²) >= 11 is 3.81. The summed E-state index contributed by atoms with van der Waals surface area (Å²) in [6.45, 7) is -0.636. The topological polar surface area (TPSA) is 165 Å². The van der Waals surface area contributed by atoms with Gasteiger partial charge in [0, 0.05) is 5.75 Å². The SMILES string of the molecule is NC(=O)CC(NC(=O)C(N)CS)C(=O)NCC(=O)O. The van der Waals surface area contributed by atoms with Crippen LogP contribution in [0.2, 0.25) is 0 Å². The number of aliphatic carboxylic acids is 1. The Balaban J connectivity index is 4.61. The van der Waals surface area contributed by atoms with Gasteiger partial charge in [-0.05, 0) is 0 Å². The molecule has 0 aromatic heterocycles. The highest BCUT2D eigenvalue weighted by Crippen LogP contribution is 1.94. The molecule has 0 radical (unpaired) electrons. The van der Waals surface area contributed by atoms with Crippen LogP contribution in [0, 0.1) is 0 Å². The molecule has 7 N–H and O–H groups in total. The van der Waals surface area contributed by atoms with Crippen molar-refractivity contribution in [2.24, 2.45) is 11.5 Å². The van der Waals surface area contributed by atoms with Crippen molar-refractivity contribution < 1.29 is 24.3 Å². The largest absolute Gasteiger partial charge is 0.480 e. The number of amides is 3. The number of rotatable bonds is 8. The van der Waals surface area contributed by atoms with Crippen LogP contribution in [0.4, 0.5) is 0 Å². The molecule has 2 atom stereocenters. The van der Waals surface area contributed by atoms with Crippen molar-refractivity contribution in [1.82, 2.24) is 10.6 Å². The smallest absolute Gasteiger partial charge is 0.322 e. The highest BCUT2D eigenvalue weighted by atomic mass is 32.1. The Morgan fingerprint density at radius 2 is 1.79 bits per heavy atom. The van der Waals surface area contributed by atoms with Gasteiger partial charge in [-0.25, -0.2) is 0 Å². The molecule has 0 bridgehead atoms. The number of carbonyl (C=O) groups excluding carboxylic acids is 3. The first kappa shape index (κ1) is 17.2. The number of nitrogens with one attached hydrogen (secondary N) is 2. The van der Waals surface area contributed by atoms with Gasteiger partial charge >= 0.3 is 5.97 Å². The third kappa shape index (κ3) is 7.26. The highest BCUT2D eigenvalue weighted by Gasteiger charge is 2.25. The summed E-state index contributed by atoms with van der Waals surface area (Å²) in [6, 6.07) is -2.22. The predicted octanol–water partition coefficient (Wildman–Crippen LogP) is -3.20. The molecule has 9 nitrogen and oxygen atoms in total. The van der Waals surface area contributed by atoms with Crippen molar-refractivity contribution in [3.05, 3.63) is 0 Å². The molecule has 0 heterocycles. The molecular formula is C9H16N4O5S. The van der Waals surface area contributed by atoms with Crippen LogP contribution in [0.1, 0.15) is 6.42 Å². The van der Waals surface area contributed by atoms with E-state index in [1.165, 1.54) is 0 Å². The lowest BCUT2D eigenvalue weighted by Crippen LogP contribution is -2.53. The Hall–Kier alpha value is -1.81. The van der Waals surface area contributed by atoms with Crippen LogP contribution in [-0.4, -0.2) is 53.2 Å². The Labute approximate surface area is 114 Å². The number of carboxylic acids is 1. The van der Waals surface area contributed by atoms with Crippen LogP contribution in [0.25, 0.3) is 0 Å². The lowest BCUT2D eigenvalue weighted by Gasteiger charge is -2.18. The number of carboxylic acid groups (broad SMARTS) is 1. The molecule has 0 aromatic rings. The van der Waals surface area contributed by atoms with Crippen LogP contribution in [-0.2, 0) is 19.2 Å². The lowest BCUT2D eigenvalue weighted by molar-refractivity contribution is -0.138. The summed E-state index contributed by atoms with van der Waals surface area (Å²) in [5.74, 6) is -3.56. The van der Waals surface area contributed by atoms with Gasteiger partial charge in [-0.3, -0.25) is 19.2 Å². The molecule has 0 rings (SSSR count). The van der Waals surface area contributed by atoms with E-state index < -0.39 is 48.7 Å². The fourth-order valence-corrected chi connectivity index (χ4v) is 1.22. The van der Waals surface area contributed by atoms with Gasteiger partial charge in [0.15, 0.2) is 0 Å². The van der Waals surface area contributed by atoms with Crippen molar-refractivity contribution in [2.75, 3.05) is 12.3 Å². The van der Waals surface area contributed by atoms with Gasteiger partial charge in [-0.15, -0.1) is 0 Å². The van der Waals surface area contributed by atoms with Crippen LogP contribution < -0.4 is 22.1 Å². The van der Waals surface area contributed by atoms with Crippen molar-refractivity contribution in [3.63, 3.8) is 0 Å². The minimum Gasteiger partial charge on any atom is -0.480 e. The third-order valence-corrected chi connectivity index (χ3v) is 2.38. The summed E-state index contributed by atoms with van der Waals surface area (Å²) in [7, 11) is 0. The van der Waals surface area contributed by atoms with Gasteiger partial charge in [-0.2, -0.15) is 12.6 Å². The van der Waals surface area contributed by atoms with Crippen LogP contribution in [0.5, 0.6) is 0 Å². The van der Waals surface area contributed by atoms with Crippen molar-refractivity contribution in [3.8, 4) is 0 Å². The van der Waals surface area contributed by atoms with Gasteiger partial charge in [0.2, 0.25) is 17.7 Å². The van der Waals surface area contributed by atoms with Crippen molar-refractivity contribution in [1.29, 1.82) is 0 Å². The summed E-state index contributed by atoms with van der Waals surface area (Å²) in [4.78, 5) is 44.2. The Kier molecular flexibility index (Phi) is 7.53. The van der Waals surface area contributed by atoms with Crippen molar-refractivity contribution >= 4 is 36.3 Å². The first-order valence-corrected chi connectivity index (χ1v) is 5.85. The van der Waals surface area contributed by atoms with Gasteiger partial charge in [-0.1, -0.05) is 0 Å². The number of hydrogen-bond donors (Lipinski definition) is 6. The van der Waals surface area contributed by atoms with E-state index in [-0.39, 0.29) is 5.75 Å². The first-order chi connectivity index (χ1) is 8.77. The van der Waals surface area contributed by atoms with E-state index in [0.717, 1.165) is 0 Å². The third-order valence-electron chi connectivity index (χ3n) is 1.99. The molecule has 3 amide bonds. The van der Waals surface area contributed by atoms with Crippen LogP contribution in [0.15, 0.2) is 0 Å². The molecule has 108 valence electrons. The summed E-state index contributed by atoms with van der Waals surface area (Å²) in [5, 5.41) is 12.6. The highest BCUT2D eigenvalue weighted by molar-refractivity contribution is 7.80. The van der Waals surface area contributed by atoms with E-state index in [4.69, 9.17) is 16.6 Å². The standard InChI is InChI=1S/C9H16N4O5S/c10-4(3-19)8(17)13-5(1-6(11)14)9(18)12-2-7(15)16/h4-5,19H,1-3,10H2,(H2,11,14)(H,12,18)(H,13,17)(H,15,16). The van der Waals surface area contributed by atoms with Crippen LogP contribution in [0.3, 0.4) is 0 Å². The number of thiol groups is 1. The van der Waals surface area contributed by atoms with E-state index in [1.54, 1.807) is 0 Å². The second-order valence-corrected chi connectivity index (χ2v) is 4.00. The number of primary amides is 1. The molecule has 0 spiro atoms. The molecule has 0 fully saturated rings. The average molecular weight is 292 g/mol. The van der Waals surface area contributed by atoms with E-state index >= 15 is 0 Å². The van der Waals surface area contributed by atoms with E-state index in [9.17, 15) is 19.2 Å².